The molecule has 0 aliphatic carbocycles. The van der Waals surface area contributed by atoms with Gasteiger partial charge in [-0.3, -0.25) is 9.69 Å². The lowest BCUT2D eigenvalue weighted by Crippen LogP contribution is -2.38. The minimum absolute atomic E-state index is 0.179. The zero-order valence-electron chi connectivity index (χ0n) is 17.0. The third-order valence-electron chi connectivity index (χ3n) is 4.98. The SMILES string of the molecule is COC(=O)C1CSCN1Cc1cccc(OCc2cc(-c3cccc(C)c3)no2)c1. The molecule has 0 N–H and O–H groups in total. The van der Waals surface area contributed by atoms with Crippen LogP contribution in [0.4, 0.5) is 0 Å². The van der Waals surface area contributed by atoms with Gasteiger partial charge in [-0.25, -0.2) is 0 Å². The molecule has 0 radical (unpaired) electrons. The second-order valence-electron chi connectivity index (χ2n) is 7.27. The Kier molecular flexibility index (Phi) is 6.40. The Balaban J connectivity index is 1.38. The molecule has 4 rings (SSSR count). The fourth-order valence-electron chi connectivity index (χ4n) is 3.43. The monoisotopic (exact) mass is 424 g/mol. The molecule has 1 unspecified atom stereocenters. The van der Waals surface area contributed by atoms with Crippen LogP contribution in [0.1, 0.15) is 16.9 Å². The van der Waals surface area contributed by atoms with Crippen molar-refractivity contribution >= 4 is 17.7 Å². The van der Waals surface area contributed by atoms with E-state index in [2.05, 4.69) is 29.1 Å². The number of hydrogen-bond donors (Lipinski definition) is 0. The molecule has 7 heteroatoms. The summed E-state index contributed by atoms with van der Waals surface area (Å²) >= 11 is 1.74. The van der Waals surface area contributed by atoms with E-state index in [1.165, 1.54) is 12.7 Å². The summed E-state index contributed by atoms with van der Waals surface area (Å²) in [6, 6.07) is 17.8. The van der Waals surface area contributed by atoms with Crippen molar-refractivity contribution in [3.63, 3.8) is 0 Å². The zero-order valence-corrected chi connectivity index (χ0v) is 17.9. The molecule has 156 valence electrons. The van der Waals surface area contributed by atoms with Crippen molar-refractivity contribution in [3.05, 3.63) is 71.5 Å². The van der Waals surface area contributed by atoms with E-state index in [1.54, 1.807) is 11.8 Å². The first-order valence-electron chi connectivity index (χ1n) is 9.76. The summed E-state index contributed by atoms with van der Waals surface area (Å²) in [5.74, 6) is 2.81. The standard InChI is InChI=1S/C23H24N2O4S/c1-16-5-3-7-18(9-16)21-11-20(29-24-21)13-28-19-8-4-6-17(10-19)12-25-15-30-14-22(25)23(26)27-2/h3-11,22H,12-15H2,1-2H3. The van der Waals surface area contributed by atoms with Crippen LogP contribution < -0.4 is 4.74 Å². The van der Waals surface area contributed by atoms with Gasteiger partial charge in [-0.15, -0.1) is 11.8 Å². The second kappa shape index (κ2) is 9.36. The maximum atomic E-state index is 11.9. The molecule has 6 nitrogen and oxygen atoms in total. The fourth-order valence-corrected chi connectivity index (χ4v) is 4.61. The van der Waals surface area contributed by atoms with E-state index in [9.17, 15) is 4.79 Å². The predicted octanol–water partition coefficient (Wildman–Crippen LogP) is 4.28. The third-order valence-corrected chi connectivity index (χ3v) is 6.05. The van der Waals surface area contributed by atoms with Gasteiger partial charge >= 0.3 is 5.97 Å². The minimum atomic E-state index is -0.196. The number of ether oxygens (including phenoxy) is 2. The topological polar surface area (TPSA) is 64.8 Å². The molecule has 1 aromatic heterocycles. The largest absolute Gasteiger partial charge is 0.486 e. The van der Waals surface area contributed by atoms with E-state index in [0.717, 1.165) is 34.2 Å². The third kappa shape index (κ3) is 4.86. The number of thioether (sulfide) groups is 1. The lowest BCUT2D eigenvalue weighted by molar-refractivity contribution is -0.145. The smallest absolute Gasteiger partial charge is 0.323 e. The summed E-state index contributed by atoms with van der Waals surface area (Å²) in [6.45, 7) is 3.02. The van der Waals surface area contributed by atoms with Crippen molar-refractivity contribution in [1.82, 2.24) is 10.1 Å². The number of carbonyl (C=O) groups excluding carboxylic acids is 1. The van der Waals surface area contributed by atoms with Gasteiger partial charge in [-0.1, -0.05) is 41.1 Å². The van der Waals surface area contributed by atoms with E-state index in [0.29, 0.717) is 18.9 Å². The first-order valence-corrected chi connectivity index (χ1v) is 10.9. The minimum Gasteiger partial charge on any atom is -0.486 e. The molecule has 2 heterocycles. The number of esters is 1. The molecule has 0 amide bonds. The van der Waals surface area contributed by atoms with Crippen molar-refractivity contribution in [2.45, 2.75) is 26.1 Å². The maximum absolute atomic E-state index is 11.9. The van der Waals surface area contributed by atoms with Gasteiger partial charge in [0, 0.05) is 29.8 Å². The van der Waals surface area contributed by atoms with Crippen molar-refractivity contribution < 1.29 is 18.8 Å². The van der Waals surface area contributed by atoms with E-state index < -0.39 is 0 Å². The number of hydrogen-bond acceptors (Lipinski definition) is 7. The first kappa shape index (κ1) is 20.5. The molecule has 1 fully saturated rings. The van der Waals surface area contributed by atoms with E-state index in [1.807, 2.05) is 42.5 Å². The molecule has 1 aliphatic rings. The van der Waals surface area contributed by atoms with Crippen molar-refractivity contribution in [1.29, 1.82) is 0 Å². The fraction of sp³-hybridized carbons (Fsp3) is 0.304. The molecule has 0 spiro atoms. The average Bonchev–Trinajstić information content (AvgIpc) is 3.42. The van der Waals surface area contributed by atoms with Gasteiger partial charge < -0.3 is 14.0 Å². The number of aromatic nitrogens is 1. The van der Waals surface area contributed by atoms with Gasteiger partial charge in [0.25, 0.3) is 0 Å². The average molecular weight is 425 g/mol. The molecule has 1 atom stereocenters. The number of benzene rings is 2. The molecular weight excluding hydrogens is 400 g/mol. The molecule has 30 heavy (non-hydrogen) atoms. The van der Waals surface area contributed by atoms with Crippen LogP contribution in [0.15, 0.2) is 59.1 Å². The molecule has 0 bridgehead atoms. The summed E-state index contributed by atoms with van der Waals surface area (Å²) in [5.41, 5.74) is 4.08. The van der Waals surface area contributed by atoms with E-state index in [4.69, 9.17) is 14.0 Å². The Hall–Kier alpha value is -2.77. The van der Waals surface area contributed by atoms with Crippen LogP contribution in [0.5, 0.6) is 5.75 Å². The van der Waals surface area contributed by atoms with Gasteiger partial charge in [0.15, 0.2) is 5.76 Å². The van der Waals surface area contributed by atoms with Crippen molar-refractivity contribution in [2.75, 3.05) is 18.7 Å². The highest BCUT2D eigenvalue weighted by Crippen LogP contribution is 2.26. The van der Waals surface area contributed by atoms with Gasteiger partial charge in [0.05, 0.1) is 7.11 Å². The summed E-state index contributed by atoms with van der Waals surface area (Å²) in [6.07, 6.45) is 0. The highest BCUT2D eigenvalue weighted by atomic mass is 32.2. The lowest BCUT2D eigenvalue weighted by atomic mass is 10.1. The normalized spacial score (nSPS) is 16.5. The lowest BCUT2D eigenvalue weighted by Gasteiger charge is -2.21. The molecular formula is C23H24N2O4S. The quantitative estimate of drug-likeness (QED) is 0.525. The number of aryl methyl sites for hydroxylation is 1. The van der Waals surface area contributed by atoms with Crippen LogP contribution >= 0.6 is 11.8 Å². The van der Waals surface area contributed by atoms with E-state index >= 15 is 0 Å². The highest BCUT2D eigenvalue weighted by Gasteiger charge is 2.31. The molecule has 3 aromatic rings. The second-order valence-corrected chi connectivity index (χ2v) is 8.27. The predicted molar refractivity (Wildman–Crippen MR) is 116 cm³/mol. The van der Waals surface area contributed by atoms with Crippen molar-refractivity contribution in [2.24, 2.45) is 0 Å². The van der Waals surface area contributed by atoms with Crippen molar-refractivity contribution in [3.8, 4) is 17.0 Å². The number of rotatable bonds is 7. The number of nitrogens with zero attached hydrogens (tertiary/aromatic N) is 2. The maximum Gasteiger partial charge on any atom is 0.323 e. The van der Waals surface area contributed by atoms with Crippen LogP contribution in [-0.4, -0.2) is 40.8 Å². The van der Waals surface area contributed by atoms with Crippen LogP contribution in [-0.2, 0) is 22.7 Å². The Labute approximate surface area is 180 Å². The Morgan fingerprint density at radius 2 is 2.10 bits per heavy atom. The van der Waals surface area contributed by atoms with Gasteiger partial charge in [-0.05, 0) is 30.7 Å². The van der Waals surface area contributed by atoms with Crippen LogP contribution in [0.3, 0.4) is 0 Å². The summed E-state index contributed by atoms with van der Waals surface area (Å²) < 4.78 is 16.3. The van der Waals surface area contributed by atoms with Gasteiger partial charge in [-0.2, -0.15) is 0 Å². The van der Waals surface area contributed by atoms with E-state index in [-0.39, 0.29) is 12.0 Å². The molecule has 0 saturated carbocycles. The number of carbonyl (C=O) groups is 1. The summed E-state index contributed by atoms with van der Waals surface area (Å²) in [5, 5.41) is 4.15. The van der Waals surface area contributed by atoms with Crippen LogP contribution in [0.2, 0.25) is 0 Å². The van der Waals surface area contributed by atoms with Gasteiger partial charge in [0.2, 0.25) is 0 Å². The Bertz CT molecular complexity index is 1020. The van der Waals surface area contributed by atoms with Crippen LogP contribution in [0.25, 0.3) is 11.3 Å². The Morgan fingerprint density at radius 3 is 2.93 bits per heavy atom. The molecule has 1 aliphatic heterocycles. The zero-order chi connectivity index (χ0) is 20.9. The Morgan fingerprint density at radius 1 is 1.23 bits per heavy atom. The van der Waals surface area contributed by atoms with Gasteiger partial charge in [0.1, 0.15) is 24.1 Å². The summed E-state index contributed by atoms with van der Waals surface area (Å²) in [7, 11) is 1.44. The molecule has 1 saturated heterocycles. The van der Waals surface area contributed by atoms with Crippen LogP contribution in [0, 0.1) is 6.92 Å². The molecule has 2 aromatic carbocycles. The number of methoxy groups -OCH3 is 1. The summed E-state index contributed by atoms with van der Waals surface area (Å²) in [4.78, 5) is 14.1. The first-order chi connectivity index (χ1) is 14.6. The highest BCUT2D eigenvalue weighted by molar-refractivity contribution is 7.99.